The van der Waals surface area contributed by atoms with Gasteiger partial charge in [-0.25, -0.2) is 4.98 Å². The van der Waals surface area contributed by atoms with E-state index in [1.807, 2.05) is 60.4 Å². The molecular weight excluding hydrogens is 490 g/mol. The summed E-state index contributed by atoms with van der Waals surface area (Å²) in [6, 6.07) is 21.4. The maximum absolute atomic E-state index is 13.0. The highest BCUT2D eigenvalue weighted by Crippen LogP contribution is 2.33. The van der Waals surface area contributed by atoms with Gasteiger partial charge in [-0.1, -0.05) is 18.2 Å². The summed E-state index contributed by atoms with van der Waals surface area (Å²) in [6.07, 6.45) is 3.22. The van der Waals surface area contributed by atoms with Crippen molar-refractivity contribution in [3.05, 3.63) is 89.2 Å². The van der Waals surface area contributed by atoms with Gasteiger partial charge < -0.3 is 15.0 Å². The zero-order valence-corrected chi connectivity index (χ0v) is 21.6. The molecule has 1 N–H and O–H groups in total. The smallest absolute Gasteiger partial charge is 0.251 e. The van der Waals surface area contributed by atoms with Gasteiger partial charge in [-0.2, -0.15) is 5.26 Å². The molecule has 0 aliphatic carbocycles. The van der Waals surface area contributed by atoms with E-state index in [2.05, 4.69) is 16.4 Å². The quantitative estimate of drug-likeness (QED) is 0.412. The van der Waals surface area contributed by atoms with Crippen molar-refractivity contribution in [3.63, 3.8) is 0 Å². The SMILES string of the molecule is C[C@@]1(C#N)COCc2ccc(C(=O)NCc3cc4nc(-c5cccc(N6CCCC6=O)c5)ccc4cn3)cc21. The molecule has 1 atom stereocenters. The first-order valence-corrected chi connectivity index (χ1v) is 13.0. The molecule has 2 aliphatic heterocycles. The molecule has 0 radical (unpaired) electrons. The molecule has 4 heterocycles. The predicted octanol–water partition coefficient (Wildman–Crippen LogP) is 4.67. The van der Waals surface area contributed by atoms with Crippen LogP contribution in [0.4, 0.5) is 5.69 Å². The molecule has 8 nitrogen and oxygen atoms in total. The van der Waals surface area contributed by atoms with Crippen LogP contribution >= 0.6 is 0 Å². The topological polar surface area (TPSA) is 108 Å². The Kier molecular flexibility index (Phi) is 6.29. The van der Waals surface area contributed by atoms with Crippen molar-refractivity contribution in [2.45, 2.75) is 38.3 Å². The van der Waals surface area contributed by atoms with Crippen LogP contribution in [0.5, 0.6) is 0 Å². The highest BCUT2D eigenvalue weighted by atomic mass is 16.5. The van der Waals surface area contributed by atoms with Crippen LogP contribution in [-0.4, -0.2) is 34.9 Å². The van der Waals surface area contributed by atoms with Crippen LogP contribution in [0.3, 0.4) is 0 Å². The average Bonchev–Trinajstić information content (AvgIpc) is 3.41. The van der Waals surface area contributed by atoms with Crippen LogP contribution in [0, 0.1) is 11.3 Å². The van der Waals surface area contributed by atoms with Crippen LogP contribution in [0.1, 0.15) is 46.9 Å². The summed E-state index contributed by atoms with van der Waals surface area (Å²) in [7, 11) is 0. The Hall–Kier alpha value is -4.61. The molecule has 2 aromatic carbocycles. The molecule has 2 aromatic heterocycles. The lowest BCUT2D eigenvalue weighted by atomic mass is 9.79. The highest BCUT2D eigenvalue weighted by molar-refractivity contribution is 5.96. The second-order valence-corrected chi connectivity index (χ2v) is 10.3. The third kappa shape index (κ3) is 4.73. The molecule has 0 spiro atoms. The van der Waals surface area contributed by atoms with Crippen molar-refractivity contribution in [2.24, 2.45) is 0 Å². The summed E-state index contributed by atoms with van der Waals surface area (Å²) in [5.74, 6) is -0.0821. The van der Waals surface area contributed by atoms with E-state index in [0.717, 1.165) is 51.9 Å². The van der Waals surface area contributed by atoms with E-state index < -0.39 is 5.41 Å². The van der Waals surface area contributed by atoms with Gasteiger partial charge in [0.1, 0.15) is 5.41 Å². The molecule has 1 fully saturated rings. The number of ether oxygens (including phenoxy) is 1. The standard InChI is InChI=1S/C31H27N5O3/c1-31(18-32)19-39-17-23-8-7-21(13-26(23)31)30(38)34-16-24-14-28-22(15-33-24)9-10-27(35-28)20-4-2-5-25(12-20)36-11-3-6-29(36)37/h2,4-5,7-10,12-15H,3,6,11,16-17,19H2,1H3,(H,34,38)/t31-/m1/s1. The minimum atomic E-state index is -0.781. The largest absolute Gasteiger partial charge is 0.375 e. The number of nitrogens with one attached hydrogen (secondary N) is 1. The van der Waals surface area contributed by atoms with Crippen molar-refractivity contribution < 1.29 is 14.3 Å². The number of carbonyl (C=O) groups excluding carboxylic acids is 2. The van der Waals surface area contributed by atoms with Crippen molar-refractivity contribution >= 4 is 28.4 Å². The van der Waals surface area contributed by atoms with Gasteiger partial charge in [0, 0.05) is 41.4 Å². The fourth-order valence-corrected chi connectivity index (χ4v) is 5.24. The zero-order valence-electron chi connectivity index (χ0n) is 21.6. The average molecular weight is 518 g/mol. The number of nitrogens with zero attached hydrogens (tertiary/aromatic N) is 4. The number of benzene rings is 2. The number of aromatic nitrogens is 2. The number of nitriles is 1. The van der Waals surface area contributed by atoms with E-state index in [1.165, 1.54) is 0 Å². The van der Waals surface area contributed by atoms with Crippen LogP contribution in [0.15, 0.2) is 66.9 Å². The molecule has 6 rings (SSSR count). The van der Waals surface area contributed by atoms with Crippen LogP contribution in [0.25, 0.3) is 22.2 Å². The van der Waals surface area contributed by atoms with Gasteiger partial charge in [0.15, 0.2) is 0 Å². The molecular formula is C31H27N5O3. The summed E-state index contributed by atoms with van der Waals surface area (Å²) in [5, 5.41) is 13.5. The van der Waals surface area contributed by atoms with Crippen molar-refractivity contribution in [1.82, 2.24) is 15.3 Å². The summed E-state index contributed by atoms with van der Waals surface area (Å²) < 4.78 is 5.56. The number of carbonyl (C=O) groups is 2. The van der Waals surface area contributed by atoms with Gasteiger partial charge in [0.05, 0.1) is 42.7 Å². The normalized spacial score (nSPS) is 18.6. The molecule has 2 amide bonds. The predicted molar refractivity (Wildman–Crippen MR) is 147 cm³/mol. The summed E-state index contributed by atoms with van der Waals surface area (Å²) in [5.41, 5.74) is 5.56. The number of rotatable bonds is 5. The number of pyridine rings is 2. The van der Waals surface area contributed by atoms with Crippen molar-refractivity contribution in [3.8, 4) is 17.3 Å². The summed E-state index contributed by atoms with van der Waals surface area (Å²) >= 11 is 0. The van der Waals surface area contributed by atoms with E-state index in [4.69, 9.17) is 9.72 Å². The lowest BCUT2D eigenvalue weighted by molar-refractivity contribution is -0.117. The molecule has 0 saturated carbocycles. The summed E-state index contributed by atoms with van der Waals surface area (Å²) in [6.45, 7) is 3.55. The molecule has 0 unspecified atom stereocenters. The zero-order chi connectivity index (χ0) is 27.0. The van der Waals surface area contributed by atoms with E-state index in [9.17, 15) is 14.9 Å². The first-order valence-electron chi connectivity index (χ1n) is 13.0. The maximum Gasteiger partial charge on any atom is 0.251 e. The highest BCUT2D eigenvalue weighted by Gasteiger charge is 2.33. The van der Waals surface area contributed by atoms with Crippen molar-refractivity contribution in [1.29, 1.82) is 5.26 Å². The molecule has 194 valence electrons. The van der Waals surface area contributed by atoms with Gasteiger partial charge in [-0.15, -0.1) is 0 Å². The number of hydrogen-bond donors (Lipinski definition) is 1. The first kappa shape index (κ1) is 24.7. The monoisotopic (exact) mass is 517 g/mol. The van der Waals surface area contributed by atoms with Gasteiger partial charge in [-0.05, 0) is 66.9 Å². The minimum absolute atomic E-state index is 0.153. The number of anilines is 1. The van der Waals surface area contributed by atoms with Gasteiger partial charge in [0.25, 0.3) is 5.91 Å². The minimum Gasteiger partial charge on any atom is -0.375 e. The first-order chi connectivity index (χ1) is 18.9. The van der Waals surface area contributed by atoms with E-state index in [0.29, 0.717) is 30.9 Å². The van der Waals surface area contributed by atoms with Gasteiger partial charge >= 0.3 is 0 Å². The lowest BCUT2D eigenvalue weighted by Crippen LogP contribution is -2.33. The second-order valence-electron chi connectivity index (χ2n) is 10.3. The fourth-order valence-electron chi connectivity index (χ4n) is 5.24. The Balaban J connectivity index is 1.20. The number of amides is 2. The second kappa shape index (κ2) is 9.93. The Morgan fingerprint density at radius 3 is 2.90 bits per heavy atom. The Morgan fingerprint density at radius 1 is 1.18 bits per heavy atom. The number of fused-ring (bicyclic) bond motifs is 2. The van der Waals surface area contributed by atoms with E-state index in [-0.39, 0.29) is 18.4 Å². The summed E-state index contributed by atoms with van der Waals surface area (Å²) in [4.78, 5) is 36.3. The van der Waals surface area contributed by atoms with Crippen LogP contribution in [-0.2, 0) is 28.1 Å². The lowest BCUT2D eigenvalue weighted by Gasteiger charge is -2.30. The molecule has 2 aliphatic rings. The molecule has 1 saturated heterocycles. The third-order valence-electron chi connectivity index (χ3n) is 7.45. The maximum atomic E-state index is 13.0. The van der Waals surface area contributed by atoms with Crippen LogP contribution in [0.2, 0.25) is 0 Å². The van der Waals surface area contributed by atoms with Gasteiger partial charge in [-0.3, -0.25) is 14.6 Å². The number of hydrogen-bond acceptors (Lipinski definition) is 6. The van der Waals surface area contributed by atoms with Gasteiger partial charge in [0.2, 0.25) is 5.91 Å². The van der Waals surface area contributed by atoms with E-state index in [1.54, 1.807) is 18.3 Å². The Labute approximate surface area is 226 Å². The van der Waals surface area contributed by atoms with E-state index >= 15 is 0 Å². The Morgan fingerprint density at radius 2 is 2.08 bits per heavy atom. The molecule has 39 heavy (non-hydrogen) atoms. The van der Waals surface area contributed by atoms with Crippen LogP contribution < -0.4 is 10.2 Å². The van der Waals surface area contributed by atoms with Crippen molar-refractivity contribution in [2.75, 3.05) is 18.1 Å². The fraction of sp³-hybridized carbons (Fsp3) is 0.258. The Bertz CT molecular complexity index is 1660. The molecule has 4 aromatic rings. The molecule has 8 heteroatoms. The molecule has 0 bridgehead atoms. The third-order valence-corrected chi connectivity index (χ3v) is 7.45.